The third kappa shape index (κ3) is 1.56. The van der Waals surface area contributed by atoms with Crippen LogP contribution in [0.2, 0.25) is 0 Å². The van der Waals surface area contributed by atoms with Crippen molar-refractivity contribution in [3.8, 4) is 0 Å². The van der Waals surface area contributed by atoms with Gasteiger partial charge >= 0.3 is 0 Å². The molecule has 1 heterocycles. The topological polar surface area (TPSA) is 50.4 Å². The average Bonchev–Trinajstić information content (AvgIpc) is 2.64. The van der Waals surface area contributed by atoms with Gasteiger partial charge in [-0.2, -0.15) is 0 Å². The standard InChI is InChI=1S/C10H12N2O2/c1-14-12-10(13)8-2-3-9-7(6-8)4-5-11-9/h2-3,6,11H,4-5H2,1H3,(H,12,13). The second kappa shape index (κ2) is 3.67. The van der Waals surface area contributed by atoms with Gasteiger partial charge in [0.2, 0.25) is 0 Å². The highest BCUT2D eigenvalue weighted by molar-refractivity contribution is 5.94. The maximum atomic E-state index is 11.4. The Balaban J connectivity index is 2.24. The van der Waals surface area contributed by atoms with E-state index in [4.69, 9.17) is 0 Å². The minimum Gasteiger partial charge on any atom is -0.384 e. The Morgan fingerprint density at radius 3 is 3.21 bits per heavy atom. The molecule has 0 atom stereocenters. The second-order valence-electron chi connectivity index (χ2n) is 3.18. The van der Waals surface area contributed by atoms with Gasteiger partial charge in [0, 0.05) is 17.8 Å². The molecule has 74 valence electrons. The minimum atomic E-state index is -0.206. The maximum absolute atomic E-state index is 11.4. The van der Waals surface area contributed by atoms with Crippen molar-refractivity contribution in [2.75, 3.05) is 19.0 Å². The van der Waals surface area contributed by atoms with E-state index in [-0.39, 0.29) is 5.91 Å². The van der Waals surface area contributed by atoms with Crippen LogP contribution in [0.4, 0.5) is 5.69 Å². The van der Waals surface area contributed by atoms with Crippen molar-refractivity contribution in [2.45, 2.75) is 6.42 Å². The van der Waals surface area contributed by atoms with Crippen LogP contribution in [0.5, 0.6) is 0 Å². The third-order valence-corrected chi connectivity index (χ3v) is 2.27. The lowest BCUT2D eigenvalue weighted by molar-refractivity contribution is 0.0537. The lowest BCUT2D eigenvalue weighted by Crippen LogP contribution is -2.21. The number of hydrogen-bond acceptors (Lipinski definition) is 3. The Kier molecular flexibility index (Phi) is 2.37. The molecular formula is C10H12N2O2. The molecule has 1 aliphatic heterocycles. The smallest absolute Gasteiger partial charge is 0.274 e. The number of hydrogen-bond donors (Lipinski definition) is 2. The molecule has 0 aromatic heterocycles. The number of benzene rings is 1. The maximum Gasteiger partial charge on any atom is 0.274 e. The zero-order chi connectivity index (χ0) is 9.97. The Labute approximate surface area is 82.2 Å². The Hall–Kier alpha value is -1.55. The van der Waals surface area contributed by atoms with Crippen molar-refractivity contribution in [2.24, 2.45) is 0 Å². The van der Waals surface area contributed by atoms with E-state index in [9.17, 15) is 4.79 Å². The number of rotatable bonds is 2. The molecule has 0 spiro atoms. The highest BCUT2D eigenvalue weighted by atomic mass is 16.6. The first kappa shape index (κ1) is 9.02. The number of nitrogens with one attached hydrogen (secondary N) is 2. The largest absolute Gasteiger partial charge is 0.384 e. The fraction of sp³-hybridized carbons (Fsp3) is 0.300. The number of amides is 1. The van der Waals surface area contributed by atoms with Gasteiger partial charge in [0.25, 0.3) is 5.91 Å². The Morgan fingerprint density at radius 2 is 2.43 bits per heavy atom. The fourth-order valence-corrected chi connectivity index (χ4v) is 1.60. The summed E-state index contributed by atoms with van der Waals surface area (Å²) in [6.07, 6.45) is 0.976. The first-order valence-corrected chi connectivity index (χ1v) is 4.51. The third-order valence-electron chi connectivity index (χ3n) is 2.27. The first-order chi connectivity index (χ1) is 6.81. The van der Waals surface area contributed by atoms with E-state index in [0.717, 1.165) is 18.7 Å². The summed E-state index contributed by atoms with van der Waals surface area (Å²) in [6, 6.07) is 5.60. The van der Waals surface area contributed by atoms with E-state index in [1.54, 1.807) is 6.07 Å². The highest BCUT2D eigenvalue weighted by Crippen LogP contribution is 2.22. The summed E-state index contributed by atoms with van der Waals surface area (Å²) in [5.41, 5.74) is 5.24. The lowest BCUT2D eigenvalue weighted by atomic mass is 10.1. The summed E-state index contributed by atoms with van der Waals surface area (Å²) in [7, 11) is 1.42. The number of fused-ring (bicyclic) bond motifs is 1. The van der Waals surface area contributed by atoms with Gasteiger partial charge in [0.1, 0.15) is 0 Å². The molecule has 1 amide bonds. The summed E-state index contributed by atoms with van der Waals surface area (Å²) in [5.74, 6) is -0.206. The summed E-state index contributed by atoms with van der Waals surface area (Å²) >= 11 is 0. The van der Waals surface area contributed by atoms with Gasteiger partial charge in [0.15, 0.2) is 0 Å². The average molecular weight is 192 g/mol. The predicted octanol–water partition coefficient (Wildman–Crippen LogP) is 0.946. The van der Waals surface area contributed by atoms with Crippen molar-refractivity contribution in [3.05, 3.63) is 29.3 Å². The summed E-state index contributed by atoms with van der Waals surface area (Å²) in [4.78, 5) is 16.0. The van der Waals surface area contributed by atoms with Gasteiger partial charge in [-0.25, -0.2) is 5.48 Å². The number of carbonyl (C=O) groups is 1. The molecule has 1 aromatic carbocycles. The fourth-order valence-electron chi connectivity index (χ4n) is 1.60. The molecule has 0 fully saturated rings. The van der Waals surface area contributed by atoms with Crippen LogP contribution in [-0.2, 0) is 11.3 Å². The molecule has 14 heavy (non-hydrogen) atoms. The molecule has 4 nitrogen and oxygen atoms in total. The molecule has 4 heteroatoms. The van der Waals surface area contributed by atoms with Gasteiger partial charge in [0.05, 0.1) is 7.11 Å². The van der Waals surface area contributed by atoms with Crippen molar-refractivity contribution < 1.29 is 9.63 Å². The summed E-state index contributed by atoms with van der Waals surface area (Å²) in [6.45, 7) is 0.949. The van der Waals surface area contributed by atoms with Crippen molar-refractivity contribution in [1.82, 2.24) is 5.48 Å². The highest BCUT2D eigenvalue weighted by Gasteiger charge is 2.12. The van der Waals surface area contributed by atoms with Crippen LogP contribution in [0.15, 0.2) is 18.2 Å². The van der Waals surface area contributed by atoms with E-state index >= 15 is 0 Å². The Morgan fingerprint density at radius 1 is 1.57 bits per heavy atom. The van der Waals surface area contributed by atoms with E-state index in [1.165, 1.54) is 12.7 Å². The van der Waals surface area contributed by atoms with Crippen LogP contribution in [0.3, 0.4) is 0 Å². The zero-order valence-corrected chi connectivity index (χ0v) is 7.96. The van der Waals surface area contributed by atoms with Crippen LogP contribution < -0.4 is 10.8 Å². The van der Waals surface area contributed by atoms with Crippen LogP contribution in [0, 0.1) is 0 Å². The first-order valence-electron chi connectivity index (χ1n) is 4.51. The Bertz CT molecular complexity index is 363. The minimum absolute atomic E-state index is 0.206. The van der Waals surface area contributed by atoms with Gasteiger partial charge in [-0.1, -0.05) is 0 Å². The molecule has 2 N–H and O–H groups in total. The van der Waals surface area contributed by atoms with E-state index in [2.05, 4.69) is 15.6 Å². The quantitative estimate of drug-likeness (QED) is 0.686. The molecule has 1 aliphatic rings. The molecular weight excluding hydrogens is 180 g/mol. The van der Waals surface area contributed by atoms with Crippen LogP contribution in [0.25, 0.3) is 0 Å². The normalized spacial score (nSPS) is 13.2. The zero-order valence-electron chi connectivity index (χ0n) is 7.96. The SMILES string of the molecule is CONC(=O)c1ccc2c(c1)CCN2. The van der Waals surface area contributed by atoms with E-state index < -0.39 is 0 Å². The molecule has 1 aromatic rings. The van der Waals surface area contributed by atoms with Crippen molar-refractivity contribution in [1.29, 1.82) is 0 Å². The second-order valence-corrected chi connectivity index (χ2v) is 3.18. The number of carbonyl (C=O) groups excluding carboxylic acids is 1. The van der Waals surface area contributed by atoms with Crippen molar-refractivity contribution >= 4 is 11.6 Å². The van der Waals surface area contributed by atoms with Crippen LogP contribution in [0.1, 0.15) is 15.9 Å². The number of anilines is 1. The van der Waals surface area contributed by atoms with E-state index in [1.807, 2.05) is 12.1 Å². The summed E-state index contributed by atoms with van der Waals surface area (Å²) < 4.78 is 0. The molecule has 0 radical (unpaired) electrons. The molecule has 0 unspecified atom stereocenters. The van der Waals surface area contributed by atoms with Gasteiger partial charge in [-0.15, -0.1) is 0 Å². The monoisotopic (exact) mass is 192 g/mol. The van der Waals surface area contributed by atoms with Gasteiger partial charge < -0.3 is 5.32 Å². The molecule has 0 bridgehead atoms. The number of hydroxylamine groups is 1. The molecule has 0 saturated heterocycles. The van der Waals surface area contributed by atoms with Gasteiger partial charge in [-0.05, 0) is 30.2 Å². The molecule has 2 rings (SSSR count). The molecule has 0 aliphatic carbocycles. The van der Waals surface area contributed by atoms with Crippen molar-refractivity contribution in [3.63, 3.8) is 0 Å². The van der Waals surface area contributed by atoms with Gasteiger partial charge in [-0.3, -0.25) is 9.63 Å². The van der Waals surface area contributed by atoms with E-state index in [0.29, 0.717) is 5.56 Å². The van der Waals surface area contributed by atoms with Crippen LogP contribution >= 0.6 is 0 Å². The lowest BCUT2D eigenvalue weighted by Gasteiger charge is -2.04. The summed E-state index contributed by atoms with van der Waals surface area (Å²) in [5, 5.41) is 3.24. The molecule has 0 saturated carbocycles. The van der Waals surface area contributed by atoms with Crippen LogP contribution in [-0.4, -0.2) is 19.6 Å². The predicted molar refractivity (Wildman–Crippen MR) is 53.1 cm³/mol.